The predicted molar refractivity (Wildman–Crippen MR) is 87.8 cm³/mol. The average Bonchev–Trinajstić information content (AvgIpc) is 2.58. The predicted octanol–water partition coefficient (Wildman–Crippen LogP) is 1.40. The van der Waals surface area contributed by atoms with Crippen LogP contribution in [0.1, 0.15) is 18.4 Å². The molecule has 0 aromatic heterocycles. The Kier molecular flexibility index (Phi) is 5.36. The van der Waals surface area contributed by atoms with E-state index in [1.807, 2.05) is 0 Å². The van der Waals surface area contributed by atoms with E-state index in [4.69, 9.17) is 4.74 Å². The number of hydrogen-bond donors (Lipinski definition) is 1. The number of ether oxygens (including phenoxy) is 1. The highest BCUT2D eigenvalue weighted by atomic mass is 19.2. The van der Waals surface area contributed by atoms with Crippen molar-refractivity contribution in [2.75, 3.05) is 39.9 Å². The highest BCUT2D eigenvalue weighted by Gasteiger charge is 2.45. The zero-order valence-corrected chi connectivity index (χ0v) is 14.4. The molecule has 2 atom stereocenters. The summed E-state index contributed by atoms with van der Waals surface area (Å²) in [6.07, 6.45) is 1.18. The normalized spacial score (nSPS) is 27.2. The fourth-order valence-corrected chi connectivity index (χ4v) is 3.85. The molecule has 138 valence electrons. The van der Waals surface area contributed by atoms with Crippen molar-refractivity contribution >= 4 is 5.91 Å². The Hall–Kier alpha value is -1.57. The van der Waals surface area contributed by atoms with E-state index in [1.165, 1.54) is 13.2 Å². The molecule has 1 N–H and O–H groups in total. The van der Waals surface area contributed by atoms with Gasteiger partial charge in [0.2, 0.25) is 5.91 Å². The molecule has 0 radical (unpaired) electrons. The summed E-state index contributed by atoms with van der Waals surface area (Å²) in [6, 6.07) is 3.93. The number of amides is 1. The number of rotatable bonds is 4. The highest BCUT2D eigenvalue weighted by molar-refractivity contribution is 5.77. The van der Waals surface area contributed by atoms with Gasteiger partial charge in [-0.15, -0.1) is 0 Å². The fourth-order valence-electron chi connectivity index (χ4n) is 3.85. The fraction of sp³-hybridized carbons (Fsp3) is 0.611. The van der Waals surface area contributed by atoms with E-state index in [0.717, 1.165) is 6.07 Å². The van der Waals surface area contributed by atoms with Crippen LogP contribution in [0.4, 0.5) is 8.78 Å². The number of benzene rings is 1. The Morgan fingerprint density at radius 1 is 1.28 bits per heavy atom. The Morgan fingerprint density at radius 2 is 2.04 bits per heavy atom. The number of carbonyl (C=O) groups excluding carboxylic acids is 1. The largest absolute Gasteiger partial charge is 0.389 e. The van der Waals surface area contributed by atoms with Crippen molar-refractivity contribution < 1.29 is 23.4 Å². The molecule has 5 nitrogen and oxygen atoms in total. The molecular formula is C18H24F2N2O3. The lowest BCUT2D eigenvalue weighted by Crippen LogP contribution is -2.60. The SMILES string of the molecule is COCC(=O)N1CC[C@]2(O)CCN(Cc3ccc(F)c(F)c3)C[C@@H]2C1. The quantitative estimate of drug-likeness (QED) is 0.888. The van der Waals surface area contributed by atoms with Crippen molar-refractivity contribution in [1.29, 1.82) is 0 Å². The van der Waals surface area contributed by atoms with Gasteiger partial charge in [0.1, 0.15) is 6.61 Å². The summed E-state index contributed by atoms with van der Waals surface area (Å²) in [7, 11) is 1.49. The van der Waals surface area contributed by atoms with Gasteiger partial charge in [-0.3, -0.25) is 9.69 Å². The third kappa shape index (κ3) is 3.99. The van der Waals surface area contributed by atoms with E-state index in [1.54, 1.807) is 11.0 Å². The molecule has 25 heavy (non-hydrogen) atoms. The van der Waals surface area contributed by atoms with Crippen molar-refractivity contribution in [2.24, 2.45) is 5.92 Å². The van der Waals surface area contributed by atoms with Gasteiger partial charge >= 0.3 is 0 Å². The lowest BCUT2D eigenvalue weighted by atomic mass is 9.75. The molecule has 2 heterocycles. The standard InChI is InChI=1S/C18H24F2N2O3/c1-25-12-17(23)22-7-5-18(24)4-6-21(10-14(18)11-22)9-13-2-3-15(19)16(20)8-13/h2-3,8,14,24H,4-7,9-12H2,1H3/t14-,18-/m1/s1. The maximum Gasteiger partial charge on any atom is 0.248 e. The second-order valence-corrected chi connectivity index (χ2v) is 7.06. The van der Waals surface area contributed by atoms with Crippen molar-refractivity contribution in [1.82, 2.24) is 9.80 Å². The van der Waals surface area contributed by atoms with Gasteiger partial charge in [0.25, 0.3) is 0 Å². The van der Waals surface area contributed by atoms with Gasteiger partial charge in [-0.1, -0.05) is 6.07 Å². The molecule has 1 aromatic carbocycles. The molecule has 2 aliphatic rings. The minimum Gasteiger partial charge on any atom is -0.389 e. The Morgan fingerprint density at radius 3 is 2.76 bits per heavy atom. The summed E-state index contributed by atoms with van der Waals surface area (Å²) >= 11 is 0. The smallest absolute Gasteiger partial charge is 0.248 e. The number of nitrogens with zero attached hydrogens (tertiary/aromatic N) is 2. The van der Waals surface area contributed by atoms with Crippen LogP contribution in [0.15, 0.2) is 18.2 Å². The molecule has 3 rings (SSSR count). The van der Waals surface area contributed by atoms with Gasteiger partial charge < -0.3 is 14.7 Å². The van der Waals surface area contributed by atoms with Gasteiger partial charge in [0.05, 0.1) is 5.60 Å². The molecule has 0 bridgehead atoms. The number of hydrogen-bond acceptors (Lipinski definition) is 4. The lowest BCUT2D eigenvalue weighted by Gasteiger charge is -2.50. The van der Waals surface area contributed by atoms with Gasteiger partial charge in [-0.2, -0.15) is 0 Å². The molecule has 7 heteroatoms. The molecule has 2 saturated heterocycles. The van der Waals surface area contributed by atoms with Crippen molar-refractivity contribution in [3.63, 3.8) is 0 Å². The van der Waals surface area contributed by atoms with Gasteiger partial charge in [0, 0.05) is 45.8 Å². The summed E-state index contributed by atoms with van der Waals surface area (Å²) in [5.41, 5.74) is -0.0542. The van der Waals surface area contributed by atoms with Crippen LogP contribution in [0.2, 0.25) is 0 Å². The van der Waals surface area contributed by atoms with E-state index in [0.29, 0.717) is 51.1 Å². The van der Waals surface area contributed by atoms with Crippen molar-refractivity contribution in [3.05, 3.63) is 35.4 Å². The lowest BCUT2D eigenvalue weighted by molar-refractivity contribution is -0.150. The molecule has 2 fully saturated rings. The highest BCUT2D eigenvalue weighted by Crippen LogP contribution is 2.36. The second kappa shape index (κ2) is 7.35. The van der Waals surface area contributed by atoms with Crippen LogP contribution in [0.3, 0.4) is 0 Å². The number of fused-ring (bicyclic) bond motifs is 1. The van der Waals surface area contributed by atoms with E-state index in [-0.39, 0.29) is 18.4 Å². The van der Waals surface area contributed by atoms with E-state index in [2.05, 4.69) is 4.90 Å². The van der Waals surface area contributed by atoms with Crippen molar-refractivity contribution in [2.45, 2.75) is 25.0 Å². The maximum atomic E-state index is 13.4. The topological polar surface area (TPSA) is 53.0 Å². The van der Waals surface area contributed by atoms with Gasteiger partial charge in [-0.25, -0.2) is 8.78 Å². The van der Waals surface area contributed by atoms with Crippen LogP contribution < -0.4 is 0 Å². The monoisotopic (exact) mass is 354 g/mol. The number of methoxy groups -OCH3 is 1. The second-order valence-electron chi connectivity index (χ2n) is 7.06. The first-order valence-electron chi connectivity index (χ1n) is 8.56. The Labute approximate surface area is 146 Å². The van der Waals surface area contributed by atoms with Crippen LogP contribution in [-0.4, -0.2) is 66.3 Å². The number of piperidine rings is 2. The van der Waals surface area contributed by atoms with Crippen LogP contribution in [-0.2, 0) is 16.1 Å². The number of likely N-dealkylation sites (tertiary alicyclic amines) is 2. The van der Waals surface area contributed by atoms with Gasteiger partial charge in [0.15, 0.2) is 11.6 Å². The summed E-state index contributed by atoms with van der Waals surface area (Å²) < 4.78 is 31.4. The Balaban J connectivity index is 1.64. The summed E-state index contributed by atoms with van der Waals surface area (Å²) in [5, 5.41) is 10.9. The van der Waals surface area contributed by atoms with Crippen LogP contribution in [0.5, 0.6) is 0 Å². The molecule has 1 amide bonds. The van der Waals surface area contributed by atoms with Crippen LogP contribution in [0, 0.1) is 17.6 Å². The summed E-state index contributed by atoms with van der Waals surface area (Å²) in [5.74, 6) is -1.82. The molecule has 1 aromatic rings. The van der Waals surface area contributed by atoms with Gasteiger partial charge in [-0.05, 0) is 30.5 Å². The third-order valence-electron chi connectivity index (χ3n) is 5.37. The molecule has 0 unspecified atom stereocenters. The Bertz CT molecular complexity index is 643. The van der Waals surface area contributed by atoms with E-state index in [9.17, 15) is 18.7 Å². The van der Waals surface area contributed by atoms with Crippen LogP contribution >= 0.6 is 0 Å². The summed E-state index contributed by atoms with van der Waals surface area (Å²) in [4.78, 5) is 15.9. The molecule has 0 aliphatic carbocycles. The first kappa shape index (κ1) is 18.2. The maximum absolute atomic E-state index is 13.4. The van der Waals surface area contributed by atoms with E-state index >= 15 is 0 Å². The zero-order chi connectivity index (χ0) is 18.0. The minimum atomic E-state index is -0.851. The molecule has 0 spiro atoms. The first-order valence-corrected chi connectivity index (χ1v) is 8.56. The minimum absolute atomic E-state index is 0.0454. The van der Waals surface area contributed by atoms with Crippen LogP contribution in [0.25, 0.3) is 0 Å². The molecule has 0 saturated carbocycles. The average molecular weight is 354 g/mol. The first-order chi connectivity index (χ1) is 11.9. The van der Waals surface area contributed by atoms with E-state index < -0.39 is 17.2 Å². The summed E-state index contributed by atoms with van der Waals surface area (Å²) in [6.45, 7) is 2.88. The number of carbonyl (C=O) groups is 1. The number of aliphatic hydroxyl groups is 1. The van der Waals surface area contributed by atoms with Crippen molar-refractivity contribution in [3.8, 4) is 0 Å². The zero-order valence-electron chi connectivity index (χ0n) is 14.4. The number of halogens is 2. The molecule has 2 aliphatic heterocycles. The molecular weight excluding hydrogens is 330 g/mol. The third-order valence-corrected chi connectivity index (χ3v) is 5.37.